The molecule has 4 aromatic rings. The SMILES string of the molecule is COc1ccc(C(=O)c2cc3ccc2C2CCC(O)(CN4CCN(C(c5ccccc5)c5ccc(Cl)cc5)CC4)C2(C)CCC=C(C)CCC(O)C3)cc1. The van der Waals surface area contributed by atoms with Gasteiger partial charge in [-0.2, -0.15) is 0 Å². The number of fused-ring (bicyclic) bond motifs is 8. The van der Waals surface area contributed by atoms with Crippen molar-refractivity contribution in [3.05, 3.63) is 147 Å². The van der Waals surface area contributed by atoms with Crippen molar-refractivity contribution < 1.29 is 19.7 Å². The molecule has 5 atom stereocenters. The van der Waals surface area contributed by atoms with Crippen LogP contribution in [0.15, 0.2) is 109 Å². The smallest absolute Gasteiger partial charge is 0.193 e. The summed E-state index contributed by atoms with van der Waals surface area (Å²) in [6.07, 6.45) is 6.93. The Morgan fingerprint density at radius 2 is 1.61 bits per heavy atom. The maximum absolute atomic E-state index is 14.4. The molecule has 4 aliphatic rings. The first kappa shape index (κ1) is 38.5. The number of allylic oxidation sites excluding steroid dienone is 2. The Hall–Kier alpha value is -3.78. The zero-order chi connectivity index (χ0) is 37.9. The summed E-state index contributed by atoms with van der Waals surface area (Å²) in [5, 5.41) is 24.7. The quantitative estimate of drug-likeness (QED) is 0.139. The van der Waals surface area contributed by atoms with Gasteiger partial charge in [-0.25, -0.2) is 0 Å². The van der Waals surface area contributed by atoms with Crippen molar-refractivity contribution in [2.75, 3.05) is 39.8 Å². The van der Waals surface area contributed by atoms with E-state index in [-0.39, 0.29) is 17.7 Å². The van der Waals surface area contributed by atoms with Gasteiger partial charge in [-0.05, 0) is 123 Å². The molecule has 2 N–H and O–H groups in total. The lowest BCUT2D eigenvalue weighted by molar-refractivity contribution is -0.0894. The highest BCUT2D eigenvalue weighted by atomic mass is 35.5. The van der Waals surface area contributed by atoms with Crippen LogP contribution in [-0.2, 0) is 6.42 Å². The van der Waals surface area contributed by atoms with Gasteiger partial charge < -0.3 is 14.9 Å². The standard InChI is InChI=1S/C47H55ClN2O4/c1-33-8-7-24-46(2)43(41-22-12-34(30-39(51)19-11-33)31-42(41)45(52)37-15-20-40(54-3)21-16-37)23-25-47(46,53)32-49-26-28-50(29-27-49)44(35-9-5-4-6-10-35)36-13-17-38(48)18-14-36/h4-6,8-10,12-18,20-22,31,39,43-44,51,53H,7,11,19,23-30,32H2,1-3H3. The van der Waals surface area contributed by atoms with Crippen LogP contribution in [-0.4, -0.2) is 77.3 Å². The van der Waals surface area contributed by atoms with Crippen molar-refractivity contribution in [3.8, 4) is 5.75 Å². The maximum Gasteiger partial charge on any atom is 0.193 e. The Morgan fingerprint density at radius 1 is 0.907 bits per heavy atom. The number of methoxy groups -OCH3 is 1. The van der Waals surface area contributed by atoms with Gasteiger partial charge in [0.15, 0.2) is 5.78 Å². The van der Waals surface area contributed by atoms with E-state index < -0.39 is 17.1 Å². The molecule has 2 fully saturated rings. The fourth-order valence-corrected chi connectivity index (χ4v) is 9.66. The van der Waals surface area contributed by atoms with Crippen molar-refractivity contribution in [2.45, 2.75) is 82.5 Å². The Labute approximate surface area is 326 Å². The molecule has 3 aliphatic carbocycles. The molecule has 0 radical (unpaired) electrons. The van der Waals surface area contributed by atoms with Crippen molar-refractivity contribution in [2.24, 2.45) is 5.41 Å². The molecule has 0 amide bonds. The molecular formula is C47H55ClN2O4. The molecule has 1 saturated carbocycles. The Bertz CT molecular complexity index is 1920. The first-order chi connectivity index (χ1) is 26.1. The number of ether oxygens (including phenoxy) is 1. The molecule has 7 heteroatoms. The summed E-state index contributed by atoms with van der Waals surface area (Å²) in [4.78, 5) is 19.4. The highest BCUT2D eigenvalue weighted by molar-refractivity contribution is 6.30. The summed E-state index contributed by atoms with van der Waals surface area (Å²) >= 11 is 6.29. The summed E-state index contributed by atoms with van der Waals surface area (Å²) < 4.78 is 5.38. The van der Waals surface area contributed by atoms with E-state index in [2.05, 4.69) is 84.3 Å². The number of benzene rings is 4. The van der Waals surface area contributed by atoms with Crippen LogP contribution in [0.5, 0.6) is 5.75 Å². The number of carbonyl (C=O) groups excluding carboxylic acids is 1. The first-order valence-electron chi connectivity index (χ1n) is 19.7. The van der Waals surface area contributed by atoms with E-state index in [1.165, 1.54) is 16.7 Å². The van der Waals surface area contributed by atoms with E-state index in [1.807, 2.05) is 42.5 Å². The largest absolute Gasteiger partial charge is 0.497 e. The minimum Gasteiger partial charge on any atom is -0.497 e. The van der Waals surface area contributed by atoms with Crippen LogP contribution in [0.2, 0.25) is 5.02 Å². The second-order valence-electron chi connectivity index (χ2n) is 16.2. The monoisotopic (exact) mass is 746 g/mol. The third-order valence-electron chi connectivity index (χ3n) is 12.8. The van der Waals surface area contributed by atoms with Crippen LogP contribution in [0.4, 0.5) is 0 Å². The molecule has 0 spiro atoms. The van der Waals surface area contributed by atoms with Gasteiger partial charge >= 0.3 is 0 Å². The van der Waals surface area contributed by atoms with E-state index in [9.17, 15) is 15.0 Å². The highest BCUT2D eigenvalue weighted by Crippen LogP contribution is 2.59. The average molecular weight is 747 g/mol. The van der Waals surface area contributed by atoms with E-state index in [0.29, 0.717) is 42.7 Å². The lowest BCUT2D eigenvalue weighted by atomic mass is 9.64. The lowest BCUT2D eigenvalue weighted by Crippen LogP contribution is -2.56. The van der Waals surface area contributed by atoms with Gasteiger partial charge in [0.25, 0.3) is 0 Å². The molecule has 284 valence electrons. The Kier molecular flexibility index (Phi) is 11.8. The van der Waals surface area contributed by atoms with E-state index in [1.54, 1.807) is 7.11 Å². The van der Waals surface area contributed by atoms with Gasteiger partial charge in [0, 0.05) is 54.3 Å². The number of piperazine rings is 1. The fraction of sp³-hybridized carbons (Fsp3) is 0.426. The van der Waals surface area contributed by atoms with Crippen molar-refractivity contribution in [3.63, 3.8) is 0 Å². The van der Waals surface area contributed by atoms with Crippen molar-refractivity contribution >= 4 is 17.4 Å². The molecular weight excluding hydrogens is 692 g/mol. The molecule has 8 rings (SSSR count). The fourth-order valence-electron chi connectivity index (χ4n) is 9.54. The van der Waals surface area contributed by atoms with Gasteiger partial charge in [-0.1, -0.05) is 84.8 Å². The minimum atomic E-state index is -0.942. The summed E-state index contributed by atoms with van der Waals surface area (Å²) in [6.45, 7) is 8.52. The highest BCUT2D eigenvalue weighted by Gasteiger charge is 2.57. The average Bonchev–Trinajstić information content (AvgIpc) is 3.44. The number of ketones is 1. The minimum absolute atomic E-state index is 0.0102. The first-order valence-corrected chi connectivity index (χ1v) is 20.1. The van der Waals surface area contributed by atoms with Gasteiger partial charge in [-0.3, -0.25) is 14.6 Å². The van der Waals surface area contributed by atoms with Crippen LogP contribution in [0.25, 0.3) is 0 Å². The molecule has 6 nitrogen and oxygen atoms in total. The van der Waals surface area contributed by atoms with E-state index >= 15 is 0 Å². The Morgan fingerprint density at radius 3 is 2.31 bits per heavy atom. The second-order valence-corrected chi connectivity index (χ2v) is 16.6. The number of rotatable bonds is 8. The van der Waals surface area contributed by atoms with Gasteiger partial charge in [0.2, 0.25) is 0 Å². The molecule has 1 saturated heterocycles. The third kappa shape index (κ3) is 8.10. The predicted octanol–water partition coefficient (Wildman–Crippen LogP) is 9.03. The normalized spacial score (nSPS) is 26.1. The van der Waals surface area contributed by atoms with Gasteiger partial charge in [-0.15, -0.1) is 0 Å². The summed E-state index contributed by atoms with van der Waals surface area (Å²) in [5.74, 6) is 0.662. The van der Waals surface area contributed by atoms with Crippen molar-refractivity contribution in [1.82, 2.24) is 9.80 Å². The van der Waals surface area contributed by atoms with E-state index in [4.69, 9.17) is 16.3 Å². The Balaban J connectivity index is 1.17. The molecule has 1 heterocycles. The summed E-state index contributed by atoms with van der Waals surface area (Å²) in [6, 6.07) is 32.6. The van der Waals surface area contributed by atoms with Crippen LogP contribution in [0, 0.1) is 5.41 Å². The van der Waals surface area contributed by atoms with Gasteiger partial charge in [0.1, 0.15) is 5.75 Å². The molecule has 4 aromatic carbocycles. The summed E-state index contributed by atoms with van der Waals surface area (Å²) in [7, 11) is 1.63. The third-order valence-corrected chi connectivity index (χ3v) is 13.1. The molecule has 0 aromatic heterocycles. The molecule has 2 bridgehead atoms. The predicted molar refractivity (Wildman–Crippen MR) is 218 cm³/mol. The topological polar surface area (TPSA) is 73.2 Å². The van der Waals surface area contributed by atoms with Crippen LogP contribution >= 0.6 is 11.6 Å². The number of carbonyl (C=O) groups is 1. The number of β-amino-alcohol motifs (C(OH)–C–C–N with tert-alkyl or cyclic N) is 1. The van der Waals surface area contributed by atoms with Crippen LogP contribution in [0.3, 0.4) is 0 Å². The molecule has 54 heavy (non-hydrogen) atoms. The number of hydrogen-bond donors (Lipinski definition) is 2. The maximum atomic E-state index is 14.4. The number of nitrogens with zero attached hydrogens (tertiary/aromatic N) is 2. The zero-order valence-corrected chi connectivity index (χ0v) is 32.8. The zero-order valence-electron chi connectivity index (χ0n) is 32.0. The van der Waals surface area contributed by atoms with Crippen LogP contribution < -0.4 is 4.74 Å². The van der Waals surface area contributed by atoms with Gasteiger partial charge in [0.05, 0.1) is 24.9 Å². The number of aliphatic hydroxyl groups excluding tert-OH is 1. The second kappa shape index (κ2) is 16.5. The summed E-state index contributed by atoms with van der Waals surface area (Å²) in [5.41, 5.74) is 5.60. The molecule has 1 aliphatic heterocycles. The number of aliphatic hydroxyl groups is 2. The number of halogens is 1. The molecule has 5 unspecified atom stereocenters. The van der Waals surface area contributed by atoms with Crippen LogP contribution in [0.1, 0.15) is 103 Å². The lowest BCUT2D eigenvalue weighted by Gasteiger charge is -2.48. The van der Waals surface area contributed by atoms with Crippen molar-refractivity contribution in [1.29, 1.82) is 0 Å². The van der Waals surface area contributed by atoms with E-state index in [0.717, 1.165) is 68.0 Å². The number of hydrogen-bond acceptors (Lipinski definition) is 6.